The van der Waals surface area contributed by atoms with Gasteiger partial charge in [-0.25, -0.2) is 0 Å². The Morgan fingerprint density at radius 3 is 2.35 bits per heavy atom. The van der Waals surface area contributed by atoms with Crippen LogP contribution in [-0.4, -0.2) is 24.3 Å². The Balaban J connectivity index is 1.74. The van der Waals surface area contributed by atoms with Gasteiger partial charge in [-0.05, 0) is 30.3 Å². The molecule has 0 unspecified atom stereocenters. The Morgan fingerprint density at radius 1 is 1.00 bits per heavy atom. The second kappa shape index (κ2) is 9.71. The Bertz CT molecular complexity index is 824. The highest BCUT2D eigenvalue weighted by atomic mass is 79.9. The summed E-state index contributed by atoms with van der Waals surface area (Å²) in [7, 11) is 0. The summed E-state index contributed by atoms with van der Waals surface area (Å²) >= 11 is 15.0. The Morgan fingerprint density at radius 2 is 1.69 bits per heavy atom. The number of carbonyl (C=O) groups excluding carboxylic acids is 3. The van der Waals surface area contributed by atoms with E-state index < -0.39 is 11.9 Å². The molecule has 136 valence electrons. The molecule has 2 aromatic rings. The predicted molar refractivity (Wildman–Crippen MR) is 104 cm³/mol. The molecule has 5 nitrogen and oxygen atoms in total. The molecule has 0 heterocycles. The summed E-state index contributed by atoms with van der Waals surface area (Å²) in [5.41, 5.74) is 0.843. The van der Waals surface area contributed by atoms with Crippen molar-refractivity contribution in [2.24, 2.45) is 0 Å². The summed E-state index contributed by atoms with van der Waals surface area (Å²) in [6.45, 7) is -0.370. The number of ketones is 1. The van der Waals surface area contributed by atoms with Gasteiger partial charge in [-0.1, -0.05) is 51.3 Å². The smallest absolute Gasteiger partial charge is 0.306 e. The van der Waals surface area contributed by atoms with E-state index in [0.717, 1.165) is 4.47 Å². The van der Waals surface area contributed by atoms with E-state index in [1.54, 1.807) is 36.4 Å². The van der Waals surface area contributed by atoms with Gasteiger partial charge in [0.15, 0.2) is 12.4 Å². The zero-order chi connectivity index (χ0) is 19.1. The van der Waals surface area contributed by atoms with E-state index in [4.69, 9.17) is 27.9 Å². The number of rotatable bonds is 7. The molecule has 0 saturated heterocycles. The van der Waals surface area contributed by atoms with Crippen LogP contribution >= 0.6 is 39.1 Å². The van der Waals surface area contributed by atoms with Crippen molar-refractivity contribution in [1.82, 2.24) is 0 Å². The normalized spacial score (nSPS) is 10.3. The van der Waals surface area contributed by atoms with Crippen LogP contribution in [-0.2, 0) is 14.3 Å². The van der Waals surface area contributed by atoms with Gasteiger partial charge in [0.25, 0.3) is 0 Å². The van der Waals surface area contributed by atoms with Gasteiger partial charge >= 0.3 is 5.97 Å². The highest BCUT2D eigenvalue weighted by Crippen LogP contribution is 2.25. The summed E-state index contributed by atoms with van der Waals surface area (Å²) in [5, 5.41) is 3.33. The fourth-order valence-electron chi connectivity index (χ4n) is 1.96. The number of nitrogens with one attached hydrogen (secondary N) is 1. The number of ether oxygens (including phenoxy) is 1. The van der Waals surface area contributed by atoms with Gasteiger partial charge < -0.3 is 10.1 Å². The molecular formula is C18H14BrCl2NO4. The van der Waals surface area contributed by atoms with E-state index in [1.807, 2.05) is 0 Å². The maximum Gasteiger partial charge on any atom is 0.306 e. The number of Topliss-reactive ketones (excluding diaryl/α,β-unsaturated/α-hetero) is 1. The largest absolute Gasteiger partial charge is 0.457 e. The number of benzene rings is 2. The van der Waals surface area contributed by atoms with Crippen LogP contribution in [0.1, 0.15) is 23.2 Å². The average molecular weight is 459 g/mol. The average Bonchev–Trinajstić information content (AvgIpc) is 2.61. The second-order valence-corrected chi connectivity index (χ2v) is 7.02. The molecule has 26 heavy (non-hydrogen) atoms. The van der Waals surface area contributed by atoms with E-state index >= 15 is 0 Å². The van der Waals surface area contributed by atoms with Crippen LogP contribution in [0.5, 0.6) is 0 Å². The lowest BCUT2D eigenvalue weighted by Crippen LogP contribution is -2.17. The Hall–Kier alpha value is -1.89. The van der Waals surface area contributed by atoms with Crippen molar-refractivity contribution in [2.75, 3.05) is 11.9 Å². The van der Waals surface area contributed by atoms with Crippen molar-refractivity contribution in [1.29, 1.82) is 0 Å². The lowest BCUT2D eigenvalue weighted by Gasteiger charge is -2.08. The third-order valence-electron chi connectivity index (χ3n) is 3.29. The van der Waals surface area contributed by atoms with Crippen LogP contribution in [0, 0.1) is 0 Å². The second-order valence-electron chi connectivity index (χ2n) is 5.26. The van der Waals surface area contributed by atoms with Gasteiger partial charge in [-0.2, -0.15) is 0 Å². The van der Waals surface area contributed by atoms with Gasteiger partial charge in [-0.3, -0.25) is 14.4 Å². The number of amides is 1. The minimum Gasteiger partial charge on any atom is -0.457 e. The van der Waals surface area contributed by atoms with Crippen molar-refractivity contribution in [2.45, 2.75) is 12.8 Å². The molecule has 0 aliphatic carbocycles. The quantitative estimate of drug-likeness (QED) is 0.473. The Kier molecular flexibility index (Phi) is 7.63. The maximum atomic E-state index is 11.9. The summed E-state index contributed by atoms with van der Waals surface area (Å²) in [4.78, 5) is 35.5. The topological polar surface area (TPSA) is 72.5 Å². The number of carbonyl (C=O) groups is 3. The standard InChI is InChI=1S/C18H14BrCl2NO4/c19-12-3-1-11(2-4-12)16(23)10-26-18(25)8-7-17(24)22-15-6-5-13(20)9-14(15)21/h1-6,9H,7-8,10H2,(H,22,24). The molecule has 8 heteroatoms. The molecule has 2 aromatic carbocycles. The Labute approximate surface area is 168 Å². The van der Waals surface area contributed by atoms with Gasteiger partial charge in [0.1, 0.15) is 0 Å². The minimum atomic E-state index is -0.632. The van der Waals surface area contributed by atoms with Gasteiger partial charge in [-0.15, -0.1) is 0 Å². The number of anilines is 1. The summed E-state index contributed by atoms with van der Waals surface area (Å²) in [5.74, 6) is -1.35. The predicted octanol–water partition coefficient (Wildman–Crippen LogP) is 4.90. The molecule has 0 atom stereocenters. The first kappa shape index (κ1) is 20.4. The molecule has 0 spiro atoms. The van der Waals surface area contributed by atoms with Crippen molar-refractivity contribution in [3.05, 3.63) is 62.5 Å². The third kappa shape index (κ3) is 6.44. The molecule has 0 saturated carbocycles. The summed E-state index contributed by atoms with van der Waals surface area (Å²) in [6, 6.07) is 11.4. The molecule has 2 rings (SSSR count). The van der Waals surface area contributed by atoms with Crippen LogP contribution in [0.25, 0.3) is 0 Å². The van der Waals surface area contributed by atoms with Crippen molar-refractivity contribution >= 4 is 62.5 Å². The number of esters is 1. The first-order valence-corrected chi connectivity index (χ1v) is 9.09. The first-order chi connectivity index (χ1) is 12.3. The van der Waals surface area contributed by atoms with Crippen molar-refractivity contribution in [3.8, 4) is 0 Å². The van der Waals surface area contributed by atoms with E-state index in [2.05, 4.69) is 21.2 Å². The van der Waals surface area contributed by atoms with Gasteiger partial charge in [0.05, 0.1) is 17.1 Å². The molecular weight excluding hydrogens is 445 g/mol. The molecule has 0 aliphatic heterocycles. The van der Waals surface area contributed by atoms with E-state index in [-0.39, 0.29) is 25.2 Å². The lowest BCUT2D eigenvalue weighted by atomic mass is 10.1. The van der Waals surface area contributed by atoms with E-state index in [1.165, 1.54) is 6.07 Å². The lowest BCUT2D eigenvalue weighted by molar-refractivity contribution is -0.143. The maximum absolute atomic E-state index is 11.9. The zero-order valence-electron chi connectivity index (χ0n) is 13.4. The number of hydrogen-bond donors (Lipinski definition) is 1. The molecule has 0 aliphatic rings. The molecule has 0 radical (unpaired) electrons. The van der Waals surface area contributed by atoms with Crippen LogP contribution in [0.4, 0.5) is 5.69 Å². The summed E-state index contributed by atoms with van der Waals surface area (Å²) < 4.78 is 5.75. The summed E-state index contributed by atoms with van der Waals surface area (Å²) in [6.07, 6.45) is -0.241. The van der Waals surface area contributed by atoms with E-state index in [0.29, 0.717) is 21.3 Å². The minimum absolute atomic E-state index is 0.0930. The van der Waals surface area contributed by atoms with Crippen molar-refractivity contribution < 1.29 is 19.1 Å². The van der Waals surface area contributed by atoms with E-state index in [9.17, 15) is 14.4 Å². The van der Waals surface area contributed by atoms with Crippen LogP contribution in [0.3, 0.4) is 0 Å². The molecule has 0 bridgehead atoms. The molecule has 0 aromatic heterocycles. The highest BCUT2D eigenvalue weighted by molar-refractivity contribution is 9.10. The van der Waals surface area contributed by atoms with Crippen LogP contribution in [0.2, 0.25) is 10.0 Å². The fraction of sp³-hybridized carbons (Fsp3) is 0.167. The SMILES string of the molecule is O=C(CCC(=O)OCC(=O)c1ccc(Br)cc1)Nc1ccc(Cl)cc1Cl. The highest BCUT2D eigenvalue weighted by Gasteiger charge is 2.13. The van der Waals surface area contributed by atoms with Gasteiger partial charge in [0, 0.05) is 21.5 Å². The number of halogens is 3. The first-order valence-electron chi connectivity index (χ1n) is 7.54. The molecule has 1 amide bonds. The van der Waals surface area contributed by atoms with Crippen LogP contribution < -0.4 is 5.32 Å². The zero-order valence-corrected chi connectivity index (χ0v) is 16.5. The fourth-order valence-corrected chi connectivity index (χ4v) is 2.68. The van der Waals surface area contributed by atoms with Gasteiger partial charge in [0.2, 0.25) is 5.91 Å². The van der Waals surface area contributed by atoms with Crippen LogP contribution in [0.15, 0.2) is 46.9 Å². The third-order valence-corrected chi connectivity index (χ3v) is 4.37. The molecule has 1 N–H and O–H groups in total. The molecule has 0 fully saturated rings. The number of hydrogen-bond acceptors (Lipinski definition) is 4. The van der Waals surface area contributed by atoms with Crippen molar-refractivity contribution in [3.63, 3.8) is 0 Å². The monoisotopic (exact) mass is 457 g/mol.